The molecule has 1 aromatic rings. The van der Waals surface area contributed by atoms with Crippen LogP contribution >= 0.6 is 0 Å². The zero-order valence-corrected chi connectivity index (χ0v) is 12.6. The van der Waals surface area contributed by atoms with Crippen LogP contribution in [-0.2, 0) is 16.6 Å². The third-order valence-electron chi connectivity index (χ3n) is 4.43. The first-order valence-electron chi connectivity index (χ1n) is 7.26. The Labute approximate surface area is 124 Å². The zero-order valence-electron chi connectivity index (χ0n) is 11.8. The van der Waals surface area contributed by atoms with Gasteiger partial charge in [0.05, 0.1) is 0 Å². The van der Waals surface area contributed by atoms with Crippen LogP contribution in [0.25, 0.3) is 0 Å². The van der Waals surface area contributed by atoms with Crippen LogP contribution in [0.15, 0.2) is 23.1 Å². The van der Waals surface area contributed by atoms with E-state index in [4.69, 9.17) is 5.73 Å². The van der Waals surface area contributed by atoms with Crippen molar-refractivity contribution < 1.29 is 12.8 Å². The summed E-state index contributed by atoms with van der Waals surface area (Å²) in [6.45, 7) is 2.12. The summed E-state index contributed by atoms with van der Waals surface area (Å²) in [6.07, 6.45) is 2.89. The lowest BCUT2D eigenvalue weighted by atomic mass is 10.1. The van der Waals surface area contributed by atoms with E-state index < -0.39 is 15.8 Å². The Morgan fingerprint density at radius 2 is 2.14 bits per heavy atom. The first-order chi connectivity index (χ1) is 10.0. The maximum absolute atomic E-state index is 14.0. The number of nitrogens with zero attached hydrogens (tertiary/aromatic N) is 1. The fraction of sp³-hybridized carbons (Fsp3) is 0.571. The lowest BCUT2D eigenvalue weighted by Gasteiger charge is -2.21. The number of nitrogens with one attached hydrogen (secondary N) is 1. The van der Waals surface area contributed by atoms with Gasteiger partial charge in [-0.25, -0.2) is 17.5 Å². The Hall–Kier alpha value is -1.02. The van der Waals surface area contributed by atoms with Crippen molar-refractivity contribution in [3.8, 4) is 0 Å². The fourth-order valence-electron chi connectivity index (χ4n) is 3.37. The van der Waals surface area contributed by atoms with E-state index in [0.717, 1.165) is 32.4 Å². The second kappa shape index (κ2) is 5.64. The molecule has 1 aromatic carbocycles. The Morgan fingerprint density at radius 3 is 2.86 bits per heavy atom. The summed E-state index contributed by atoms with van der Waals surface area (Å²) < 4.78 is 41.5. The molecule has 0 amide bonds. The molecule has 2 atom stereocenters. The van der Waals surface area contributed by atoms with Gasteiger partial charge < -0.3 is 5.73 Å². The topological polar surface area (TPSA) is 75.4 Å². The molecule has 2 fully saturated rings. The number of hydrogen-bond acceptors (Lipinski definition) is 4. The quantitative estimate of drug-likeness (QED) is 0.862. The molecule has 2 saturated heterocycles. The predicted molar refractivity (Wildman–Crippen MR) is 77.6 cm³/mol. The van der Waals surface area contributed by atoms with Crippen LogP contribution in [0.3, 0.4) is 0 Å². The SMILES string of the molecule is NCc1ccc(S(=O)(=O)NC2CCN3CCCC23)c(F)c1. The van der Waals surface area contributed by atoms with E-state index in [1.807, 2.05) is 0 Å². The first-order valence-corrected chi connectivity index (χ1v) is 8.74. The number of halogens is 1. The Balaban J connectivity index is 1.81. The van der Waals surface area contributed by atoms with Crippen LogP contribution in [-0.4, -0.2) is 38.5 Å². The standard InChI is InChI=1S/C14H20FN3O2S/c15-11-8-10(9-16)3-4-14(11)21(19,20)17-12-5-7-18-6-1-2-13(12)18/h3-4,8,12-13,17H,1-2,5-7,9,16H2. The molecular weight excluding hydrogens is 293 g/mol. The fourth-order valence-corrected chi connectivity index (χ4v) is 4.74. The Kier molecular flexibility index (Phi) is 4.00. The number of rotatable bonds is 4. The van der Waals surface area contributed by atoms with Crippen LogP contribution in [0.2, 0.25) is 0 Å². The van der Waals surface area contributed by atoms with E-state index >= 15 is 0 Å². The molecule has 7 heteroatoms. The second-order valence-electron chi connectivity index (χ2n) is 5.73. The first kappa shape index (κ1) is 14.9. The van der Waals surface area contributed by atoms with Crippen LogP contribution < -0.4 is 10.5 Å². The van der Waals surface area contributed by atoms with Gasteiger partial charge in [0.15, 0.2) is 0 Å². The minimum absolute atomic E-state index is 0.119. The summed E-state index contributed by atoms with van der Waals surface area (Å²) in [5.41, 5.74) is 6.01. The van der Waals surface area contributed by atoms with Gasteiger partial charge in [-0.15, -0.1) is 0 Å². The molecule has 0 radical (unpaired) electrons. The van der Waals surface area contributed by atoms with Gasteiger partial charge in [0.2, 0.25) is 10.0 Å². The summed E-state index contributed by atoms with van der Waals surface area (Å²) in [6, 6.07) is 4.16. The van der Waals surface area contributed by atoms with E-state index in [1.165, 1.54) is 12.1 Å². The zero-order chi connectivity index (χ0) is 15.0. The molecule has 5 nitrogen and oxygen atoms in total. The van der Waals surface area contributed by atoms with E-state index in [-0.39, 0.29) is 23.5 Å². The molecule has 3 N–H and O–H groups in total. The van der Waals surface area contributed by atoms with Crippen molar-refractivity contribution in [1.29, 1.82) is 0 Å². The summed E-state index contributed by atoms with van der Waals surface area (Å²) >= 11 is 0. The van der Waals surface area contributed by atoms with Gasteiger partial charge >= 0.3 is 0 Å². The largest absolute Gasteiger partial charge is 0.326 e. The number of hydrogen-bond donors (Lipinski definition) is 2. The van der Waals surface area contributed by atoms with Gasteiger partial charge in [-0.05, 0) is 43.5 Å². The van der Waals surface area contributed by atoms with Crippen molar-refractivity contribution >= 4 is 10.0 Å². The minimum Gasteiger partial charge on any atom is -0.326 e. The molecule has 2 unspecified atom stereocenters. The van der Waals surface area contributed by atoms with E-state index in [9.17, 15) is 12.8 Å². The third kappa shape index (κ3) is 2.83. The van der Waals surface area contributed by atoms with Crippen molar-refractivity contribution in [3.05, 3.63) is 29.6 Å². The molecule has 2 heterocycles. The number of benzene rings is 1. The lowest BCUT2D eigenvalue weighted by molar-refractivity contribution is 0.308. The van der Waals surface area contributed by atoms with Crippen molar-refractivity contribution in [2.75, 3.05) is 13.1 Å². The lowest BCUT2D eigenvalue weighted by Crippen LogP contribution is -2.42. The summed E-state index contributed by atoms with van der Waals surface area (Å²) in [4.78, 5) is 2.01. The molecule has 0 saturated carbocycles. The van der Waals surface area contributed by atoms with Gasteiger partial charge in [0.1, 0.15) is 10.7 Å². The third-order valence-corrected chi connectivity index (χ3v) is 5.96. The average Bonchev–Trinajstić information content (AvgIpc) is 3.03. The second-order valence-corrected chi connectivity index (χ2v) is 7.41. The van der Waals surface area contributed by atoms with Crippen LogP contribution in [0, 0.1) is 5.82 Å². The van der Waals surface area contributed by atoms with Gasteiger partial charge in [-0.2, -0.15) is 0 Å². The van der Waals surface area contributed by atoms with Gasteiger partial charge in [0, 0.05) is 25.2 Å². The molecule has 0 bridgehead atoms. The molecule has 21 heavy (non-hydrogen) atoms. The molecule has 2 aliphatic rings. The van der Waals surface area contributed by atoms with Crippen molar-refractivity contribution in [3.63, 3.8) is 0 Å². The molecule has 116 valence electrons. The molecule has 0 aromatic heterocycles. The highest BCUT2D eigenvalue weighted by Crippen LogP contribution is 2.29. The van der Waals surface area contributed by atoms with Crippen LogP contribution in [0.1, 0.15) is 24.8 Å². The smallest absolute Gasteiger partial charge is 0.243 e. The normalized spacial score (nSPS) is 26.2. The summed E-state index contributed by atoms with van der Waals surface area (Å²) in [5.74, 6) is -0.744. The summed E-state index contributed by atoms with van der Waals surface area (Å²) in [7, 11) is -3.83. The van der Waals surface area contributed by atoms with E-state index in [1.54, 1.807) is 6.07 Å². The maximum Gasteiger partial charge on any atom is 0.243 e. The van der Waals surface area contributed by atoms with Crippen molar-refractivity contribution in [2.45, 2.75) is 42.8 Å². The monoisotopic (exact) mass is 313 g/mol. The highest BCUT2D eigenvalue weighted by molar-refractivity contribution is 7.89. The van der Waals surface area contributed by atoms with Gasteiger partial charge in [0.25, 0.3) is 0 Å². The Bertz CT molecular complexity index is 635. The molecule has 2 aliphatic heterocycles. The number of nitrogens with two attached hydrogens (primary N) is 1. The van der Waals surface area contributed by atoms with Crippen molar-refractivity contribution in [2.24, 2.45) is 5.73 Å². The highest BCUT2D eigenvalue weighted by atomic mass is 32.2. The maximum atomic E-state index is 14.0. The van der Waals surface area contributed by atoms with Crippen LogP contribution in [0.4, 0.5) is 4.39 Å². The Morgan fingerprint density at radius 1 is 1.33 bits per heavy atom. The van der Waals surface area contributed by atoms with Crippen molar-refractivity contribution in [1.82, 2.24) is 9.62 Å². The highest BCUT2D eigenvalue weighted by Gasteiger charge is 2.39. The number of fused-ring (bicyclic) bond motifs is 1. The molecule has 0 spiro atoms. The molecular formula is C14H20FN3O2S. The van der Waals surface area contributed by atoms with Gasteiger partial charge in [-0.1, -0.05) is 6.07 Å². The molecule has 0 aliphatic carbocycles. The van der Waals surface area contributed by atoms with E-state index in [0.29, 0.717) is 5.56 Å². The van der Waals surface area contributed by atoms with Crippen LogP contribution in [0.5, 0.6) is 0 Å². The summed E-state index contributed by atoms with van der Waals surface area (Å²) in [5, 5.41) is 0. The minimum atomic E-state index is -3.83. The molecule has 3 rings (SSSR count). The van der Waals surface area contributed by atoms with Gasteiger partial charge in [-0.3, -0.25) is 4.90 Å². The van der Waals surface area contributed by atoms with E-state index in [2.05, 4.69) is 9.62 Å². The number of sulfonamides is 1. The average molecular weight is 313 g/mol. The predicted octanol–water partition coefficient (Wildman–Crippen LogP) is 0.799.